The van der Waals surface area contributed by atoms with E-state index in [1.807, 2.05) is 0 Å². The van der Waals surface area contributed by atoms with Gasteiger partial charge in [-0.05, 0) is 18.8 Å². The van der Waals surface area contributed by atoms with E-state index in [1.165, 1.54) is 25.7 Å². The quantitative estimate of drug-likeness (QED) is 0.612. The standard InChI is InChI=1S/C7H15NOP/c1-6-3-2-4-7(5-6)8-10-9/h6-8,10H,2-5H2,1H3/q-1. The average molecular weight is 160 g/mol. The molecule has 10 heavy (non-hydrogen) atoms. The van der Waals surface area contributed by atoms with Crippen LogP contribution in [0, 0.1) is 5.92 Å². The topological polar surface area (TPSA) is 35.1 Å². The number of hydrogen-bond donors (Lipinski definition) is 1. The first-order valence-electron chi connectivity index (χ1n) is 3.95. The Hall–Kier alpha value is 0.350. The molecule has 3 unspecified atom stereocenters. The summed E-state index contributed by atoms with van der Waals surface area (Å²) in [6.45, 7) is 2.27. The molecule has 60 valence electrons. The molecular formula is C7H15NOP-. The lowest BCUT2D eigenvalue weighted by Gasteiger charge is -2.28. The smallest absolute Gasteiger partial charge is 0.00912 e. The predicted octanol–water partition coefficient (Wildman–Crippen LogP) is 1.02. The van der Waals surface area contributed by atoms with Gasteiger partial charge in [0.05, 0.1) is 0 Å². The Morgan fingerprint density at radius 1 is 1.50 bits per heavy atom. The maximum Gasteiger partial charge on any atom is 0.00912 e. The molecule has 0 aliphatic heterocycles. The first-order valence-corrected chi connectivity index (χ1v) is 4.86. The molecule has 0 saturated heterocycles. The predicted molar refractivity (Wildman–Crippen MR) is 42.9 cm³/mol. The fraction of sp³-hybridized carbons (Fsp3) is 1.00. The highest BCUT2D eigenvalue weighted by molar-refractivity contribution is 7.26. The molecule has 0 heterocycles. The molecular weight excluding hydrogens is 145 g/mol. The summed E-state index contributed by atoms with van der Waals surface area (Å²) in [5.74, 6) is 0.822. The summed E-state index contributed by atoms with van der Waals surface area (Å²) in [5, 5.41) is 2.99. The third-order valence-corrected chi connectivity index (χ3v) is 2.73. The molecule has 0 spiro atoms. The van der Waals surface area contributed by atoms with Crippen LogP contribution in [0.5, 0.6) is 0 Å². The van der Waals surface area contributed by atoms with Crippen LogP contribution in [0.3, 0.4) is 0 Å². The van der Waals surface area contributed by atoms with E-state index in [0.29, 0.717) is 6.04 Å². The molecule has 1 saturated carbocycles. The van der Waals surface area contributed by atoms with Crippen molar-refractivity contribution in [1.29, 1.82) is 0 Å². The Balaban J connectivity index is 2.18. The fourth-order valence-electron chi connectivity index (χ4n) is 1.65. The van der Waals surface area contributed by atoms with E-state index in [4.69, 9.17) is 0 Å². The first-order chi connectivity index (χ1) is 4.83. The summed E-state index contributed by atoms with van der Waals surface area (Å²) in [7, 11) is -0.322. The molecule has 3 atom stereocenters. The summed E-state index contributed by atoms with van der Waals surface area (Å²) in [4.78, 5) is 10.2. The first kappa shape index (κ1) is 8.45. The van der Waals surface area contributed by atoms with Crippen molar-refractivity contribution in [3.8, 4) is 0 Å². The molecule has 0 aromatic heterocycles. The van der Waals surface area contributed by atoms with Gasteiger partial charge in [0.25, 0.3) is 0 Å². The van der Waals surface area contributed by atoms with Crippen LogP contribution in [-0.4, -0.2) is 6.04 Å². The van der Waals surface area contributed by atoms with Crippen LogP contribution in [0.4, 0.5) is 0 Å². The van der Waals surface area contributed by atoms with Gasteiger partial charge in [0.15, 0.2) is 0 Å². The van der Waals surface area contributed by atoms with Crippen molar-refractivity contribution in [2.24, 2.45) is 5.92 Å². The Morgan fingerprint density at radius 3 is 2.90 bits per heavy atom. The highest BCUT2D eigenvalue weighted by Crippen LogP contribution is 2.24. The van der Waals surface area contributed by atoms with Gasteiger partial charge in [-0.2, -0.15) is 0 Å². The Bertz CT molecular complexity index is 97.6. The zero-order chi connectivity index (χ0) is 7.40. The van der Waals surface area contributed by atoms with Crippen molar-refractivity contribution < 1.29 is 4.89 Å². The van der Waals surface area contributed by atoms with Crippen LogP contribution in [0.1, 0.15) is 32.6 Å². The van der Waals surface area contributed by atoms with Crippen LogP contribution in [-0.2, 0) is 0 Å². The van der Waals surface area contributed by atoms with Gasteiger partial charge in [-0.3, -0.25) is 0 Å². The molecule has 0 bridgehead atoms. The summed E-state index contributed by atoms with van der Waals surface area (Å²) < 4.78 is 0. The van der Waals surface area contributed by atoms with Crippen molar-refractivity contribution in [2.45, 2.75) is 38.6 Å². The second-order valence-corrected chi connectivity index (χ2v) is 3.71. The monoisotopic (exact) mass is 160 g/mol. The third kappa shape index (κ3) is 2.53. The van der Waals surface area contributed by atoms with Crippen molar-refractivity contribution in [1.82, 2.24) is 5.09 Å². The molecule has 2 nitrogen and oxygen atoms in total. The van der Waals surface area contributed by atoms with E-state index in [1.54, 1.807) is 0 Å². The Labute approximate surface area is 64.3 Å². The summed E-state index contributed by atoms with van der Waals surface area (Å²) in [5.41, 5.74) is 0. The SMILES string of the molecule is CC1CCCC(NP[O-])C1. The second-order valence-electron chi connectivity index (χ2n) is 3.22. The number of rotatable bonds is 2. The lowest BCUT2D eigenvalue weighted by molar-refractivity contribution is -0.153. The molecule has 0 amide bonds. The highest BCUT2D eigenvalue weighted by Gasteiger charge is 2.16. The molecule has 1 fully saturated rings. The lowest BCUT2D eigenvalue weighted by atomic mass is 9.88. The van der Waals surface area contributed by atoms with Crippen LogP contribution in [0.2, 0.25) is 0 Å². The van der Waals surface area contributed by atoms with E-state index >= 15 is 0 Å². The maximum atomic E-state index is 10.2. The van der Waals surface area contributed by atoms with Crippen molar-refractivity contribution in [2.75, 3.05) is 0 Å². The van der Waals surface area contributed by atoms with Gasteiger partial charge in [-0.25, -0.2) is 0 Å². The zero-order valence-corrected chi connectivity index (χ0v) is 7.39. The fourth-order valence-corrected chi connectivity index (χ4v) is 2.08. The van der Waals surface area contributed by atoms with Gasteiger partial charge in [0.1, 0.15) is 0 Å². The molecule has 0 radical (unpaired) electrons. The maximum absolute atomic E-state index is 10.2. The molecule has 1 N–H and O–H groups in total. The van der Waals surface area contributed by atoms with E-state index in [0.717, 1.165) is 5.92 Å². The van der Waals surface area contributed by atoms with Gasteiger partial charge in [0, 0.05) is 6.04 Å². The molecule has 0 aromatic rings. The molecule has 0 aromatic carbocycles. The van der Waals surface area contributed by atoms with Crippen molar-refractivity contribution >= 4 is 8.96 Å². The van der Waals surface area contributed by atoms with Crippen LogP contribution in [0.25, 0.3) is 0 Å². The van der Waals surface area contributed by atoms with E-state index < -0.39 is 0 Å². The van der Waals surface area contributed by atoms with Gasteiger partial charge in [-0.15, -0.1) is 8.96 Å². The largest absolute Gasteiger partial charge is 0.820 e. The van der Waals surface area contributed by atoms with E-state index in [2.05, 4.69) is 12.0 Å². The summed E-state index contributed by atoms with van der Waals surface area (Å²) in [6, 6.07) is 0.527. The second kappa shape index (κ2) is 4.27. The third-order valence-electron chi connectivity index (χ3n) is 2.20. The number of nitrogens with one attached hydrogen (secondary N) is 1. The van der Waals surface area contributed by atoms with Crippen molar-refractivity contribution in [3.63, 3.8) is 0 Å². The minimum atomic E-state index is -0.322. The van der Waals surface area contributed by atoms with Gasteiger partial charge in [-0.1, -0.05) is 19.8 Å². The Morgan fingerprint density at radius 2 is 2.30 bits per heavy atom. The molecule has 1 rings (SSSR count). The molecule has 1 aliphatic rings. The van der Waals surface area contributed by atoms with E-state index in [-0.39, 0.29) is 8.96 Å². The number of hydrogen-bond acceptors (Lipinski definition) is 2. The molecule has 3 heteroatoms. The van der Waals surface area contributed by atoms with Crippen LogP contribution < -0.4 is 9.98 Å². The minimum absolute atomic E-state index is 0.322. The van der Waals surface area contributed by atoms with Crippen LogP contribution in [0.15, 0.2) is 0 Å². The summed E-state index contributed by atoms with van der Waals surface area (Å²) >= 11 is 0. The highest BCUT2D eigenvalue weighted by atomic mass is 31.1. The van der Waals surface area contributed by atoms with Crippen LogP contribution >= 0.6 is 8.96 Å². The Kier molecular flexibility index (Phi) is 3.61. The normalized spacial score (nSPS) is 35.4. The lowest BCUT2D eigenvalue weighted by Crippen LogP contribution is -2.29. The van der Waals surface area contributed by atoms with Gasteiger partial charge in [0.2, 0.25) is 0 Å². The minimum Gasteiger partial charge on any atom is -0.820 e. The van der Waals surface area contributed by atoms with Gasteiger partial charge < -0.3 is 9.98 Å². The van der Waals surface area contributed by atoms with E-state index in [9.17, 15) is 4.89 Å². The summed E-state index contributed by atoms with van der Waals surface area (Å²) in [6.07, 6.45) is 5.05. The zero-order valence-electron chi connectivity index (χ0n) is 6.39. The van der Waals surface area contributed by atoms with Gasteiger partial charge >= 0.3 is 0 Å². The van der Waals surface area contributed by atoms with Crippen molar-refractivity contribution in [3.05, 3.63) is 0 Å². The molecule has 1 aliphatic carbocycles. The average Bonchev–Trinajstić information content (AvgIpc) is 1.88.